The molecule has 5 atom stereocenters. The second-order valence-corrected chi connectivity index (χ2v) is 14.4. The number of ether oxygens (including phenoxy) is 2. The van der Waals surface area contributed by atoms with Gasteiger partial charge in [-0.1, -0.05) is 6.92 Å². The number of halogens is 4. The number of sulfonamides is 1. The number of fused-ring (bicyclic) bond motifs is 2. The van der Waals surface area contributed by atoms with Crippen molar-refractivity contribution in [3.63, 3.8) is 0 Å². The van der Waals surface area contributed by atoms with Gasteiger partial charge in [0.05, 0.1) is 24.7 Å². The normalized spacial score (nSPS) is 31.4. The Bertz CT molecular complexity index is 1320. The number of hydrogen-bond donors (Lipinski definition) is 2. The van der Waals surface area contributed by atoms with E-state index in [0.717, 1.165) is 44.6 Å². The van der Waals surface area contributed by atoms with Crippen molar-refractivity contribution in [1.82, 2.24) is 14.9 Å². The first kappa shape index (κ1) is 31.8. The molecule has 4 aliphatic rings. The predicted molar refractivity (Wildman–Crippen MR) is 148 cm³/mol. The van der Waals surface area contributed by atoms with Crippen molar-refractivity contribution in [2.24, 2.45) is 23.7 Å². The largest absolute Gasteiger partial charge is 0.511 e. The lowest BCUT2D eigenvalue weighted by Gasteiger charge is -2.35. The van der Waals surface area contributed by atoms with Crippen LogP contribution < -0.4 is 20.1 Å². The monoisotopic (exact) mass is 633 g/mol. The highest BCUT2D eigenvalue weighted by Crippen LogP contribution is 2.49. The molecule has 14 heteroatoms. The van der Waals surface area contributed by atoms with Gasteiger partial charge in [0.1, 0.15) is 5.75 Å². The highest BCUT2D eigenvalue weighted by Gasteiger charge is 2.53. The Morgan fingerprint density at radius 2 is 1.67 bits per heavy atom. The van der Waals surface area contributed by atoms with Gasteiger partial charge in [0.15, 0.2) is 11.6 Å². The molecule has 0 radical (unpaired) electrons. The fraction of sp³-hybridized carbons (Fsp3) is 0.724. The number of hydrogen-bond acceptors (Lipinski definition) is 6. The lowest BCUT2D eigenvalue weighted by atomic mass is 9.83. The second-order valence-electron chi connectivity index (χ2n) is 12.5. The zero-order chi connectivity index (χ0) is 31.1. The summed E-state index contributed by atoms with van der Waals surface area (Å²) in [5.74, 6) is -1.69. The molecule has 3 aliphatic carbocycles. The SMILES string of the molecule is COc1cc(F)c(O[C@H]2CC[C@H](C)CC2)cc1C(=O)N[C@@H]1[C@H]2CC[C@H](C2)[C@@H]1C(=O)N[C@@H]1CCCN(S(=O)(=O)C(F)(F)F)C1. The molecule has 1 aromatic rings. The van der Waals surface area contributed by atoms with Crippen LogP contribution in [0.15, 0.2) is 12.1 Å². The van der Waals surface area contributed by atoms with Gasteiger partial charge in [0.2, 0.25) is 5.91 Å². The Balaban J connectivity index is 1.29. The highest BCUT2D eigenvalue weighted by atomic mass is 32.2. The minimum atomic E-state index is -5.50. The number of nitrogens with zero attached hydrogens (tertiary/aromatic N) is 1. The number of nitrogens with one attached hydrogen (secondary N) is 2. The smallest absolute Gasteiger partial charge is 0.496 e. The zero-order valence-corrected chi connectivity index (χ0v) is 25.1. The summed E-state index contributed by atoms with van der Waals surface area (Å²) in [6.45, 7) is 1.42. The van der Waals surface area contributed by atoms with Gasteiger partial charge in [-0.3, -0.25) is 9.59 Å². The van der Waals surface area contributed by atoms with E-state index in [2.05, 4.69) is 17.6 Å². The molecule has 2 amide bonds. The molecule has 5 rings (SSSR count). The average molecular weight is 634 g/mol. The van der Waals surface area contributed by atoms with Gasteiger partial charge in [-0.05, 0) is 81.6 Å². The minimum absolute atomic E-state index is 0.0181. The van der Waals surface area contributed by atoms with Gasteiger partial charge in [0, 0.05) is 31.2 Å². The van der Waals surface area contributed by atoms with Crippen molar-refractivity contribution in [3.8, 4) is 11.5 Å². The lowest BCUT2D eigenvalue weighted by molar-refractivity contribution is -0.128. The van der Waals surface area contributed by atoms with E-state index in [1.165, 1.54) is 13.2 Å². The van der Waals surface area contributed by atoms with Gasteiger partial charge in [-0.15, -0.1) is 0 Å². The van der Waals surface area contributed by atoms with Gasteiger partial charge in [0.25, 0.3) is 5.91 Å². The molecule has 0 unspecified atom stereocenters. The maximum Gasteiger partial charge on any atom is 0.511 e. The number of alkyl halides is 3. The molecule has 2 N–H and O–H groups in total. The van der Waals surface area contributed by atoms with Gasteiger partial charge < -0.3 is 20.1 Å². The van der Waals surface area contributed by atoms with Crippen molar-refractivity contribution in [2.45, 2.75) is 88.4 Å². The quantitative estimate of drug-likeness (QED) is 0.412. The molecular weight excluding hydrogens is 594 g/mol. The molecule has 0 spiro atoms. The summed E-state index contributed by atoms with van der Waals surface area (Å²) in [7, 11) is -4.17. The molecular formula is C29H39F4N3O6S. The Labute approximate surface area is 249 Å². The predicted octanol–water partition coefficient (Wildman–Crippen LogP) is 4.37. The van der Waals surface area contributed by atoms with E-state index >= 15 is 0 Å². The molecule has 3 saturated carbocycles. The molecule has 43 heavy (non-hydrogen) atoms. The van der Waals surface area contributed by atoms with Crippen LogP contribution in [0.3, 0.4) is 0 Å². The molecule has 1 heterocycles. The van der Waals surface area contributed by atoms with Crippen LogP contribution in [0.25, 0.3) is 0 Å². The molecule has 4 fully saturated rings. The number of methoxy groups -OCH3 is 1. The first-order valence-electron chi connectivity index (χ1n) is 15.0. The summed E-state index contributed by atoms with van der Waals surface area (Å²) < 4.78 is 89.7. The van der Waals surface area contributed by atoms with Crippen LogP contribution in [0, 0.1) is 29.5 Å². The topological polar surface area (TPSA) is 114 Å². The van der Waals surface area contributed by atoms with Gasteiger partial charge in [-0.2, -0.15) is 17.5 Å². The second kappa shape index (κ2) is 12.4. The van der Waals surface area contributed by atoms with Crippen LogP contribution in [-0.4, -0.2) is 68.4 Å². The minimum Gasteiger partial charge on any atom is -0.496 e. The molecule has 1 aromatic carbocycles. The molecule has 240 valence electrons. The lowest BCUT2D eigenvalue weighted by Crippen LogP contribution is -2.56. The highest BCUT2D eigenvalue weighted by molar-refractivity contribution is 7.90. The van der Waals surface area contributed by atoms with Crippen LogP contribution in [0.1, 0.15) is 75.1 Å². The summed E-state index contributed by atoms with van der Waals surface area (Å²) >= 11 is 0. The summed E-state index contributed by atoms with van der Waals surface area (Å²) in [6.07, 6.45) is 6.15. The number of carbonyl (C=O) groups excluding carboxylic acids is 2. The van der Waals surface area contributed by atoms with Crippen LogP contribution in [-0.2, 0) is 14.8 Å². The molecule has 9 nitrogen and oxygen atoms in total. The van der Waals surface area contributed by atoms with Crippen LogP contribution >= 0.6 is 0 Å². The van der Waals surface area contributed by atoms with E-state index in [9.17, 15) is 35.6 Å². The standard InChI is InChI=1S/C29H39F4N3O6S/c1-16-5-9-20(10-6-16)42-24-13-21(23(41-2)14-22(24)30)27(37)35-26-18-8-7-17(12-18)25(26)28(38)34-19-4-3-11-36(15-19)43(39,40)29(31,32)33/h13-14,16-20,25-26H,3-12,15H2,1-2H3,(H,34,38)(H,35,37)/t16-,17-,18+,19-,20-,25+,26-/m1/s1. The van der Waals surface area contributed by atoms with E-state index < -0.39 is 57.7 Å². The van der Waals surface area contributed by atoms with E-state index in [0.29, 0.717) is 23.1 Å². The average Bonchev–Trinajstić information content (AvgIpc) is 3.56. The number of carbonyl (C=O) groups is 2. The van der Waals surface area contributed by atoms with Gasteiger partial charge >= 0.3 is 15.5 Å². The molecule has 2 bridgehead atoms. The Morgan fingerprint density at radius 3 is 2.35 bits per heavy atom. The Kier molecular flexibility index (Phi) is 9.18. The fourth-order valence-corrected chi connectivity index (χ4v) is 8.36. The van der Waals surface area contributed by atoms with Crippen molar-refractivity contribution in [1.29, 1.82) is 0 Å². The van der Waals surface area contributed by atoms with Crippen molar-refractivity contribution < 1.29 is 45.0 Å². The summed E-state index contributed by atoms with van der Waals surface area (Å²) in [5, 5.41) is 5.74. The fourth-order valence-electron chi connectivity index (χ4n) is 7.33. The van der Waals surface area contributed by atoms with Crippen molar-refractivity contribution in [3.05, 3.63) is 23.5 Å². The first-order valence-corrected chi connectivity index (χ1v) is 16.4. The summed E-state index contributed by atoms with van der Waals surface area (Å²) in [5.41, 5.74) is -5.34. The number of amides is 2. The zero-order valence-electron chi connectivity index (χ0n) is 24.3. The number of rotatable bonds is 8. The van der Waals surface area contributed by atoms with Crippen molar-refractivity contribution >= 4 is 21.8 Å². The van der Waals surface area contributed by atoms with Crippen LogP contribution in [0.5, 0.6) is 11.5 Å². The Morgan fingerprint density at radius 1 is 0.977 bits per heavy atom. The maximum absolute atomic E-state index is 14.9. The van der Waals surface area contributed by atoms with E-state index in [-0.39, 0.29) is 48.0 Å². The van der Waals surface area contributed by atoms with Crippen LogP contribution in [0.4, 0.5) is 17.6 Å². The summed E-state index contributed by atoms with van der Waals surface area (Å²) in [6, 6.07) is 1.11. The molecule has 0 aromatic heterocycles. The molecule has 1 saturated heterocycles. The molecule has 1 aliphatic heterocycles. The van der Waals surface area contributed by atoms with E-state index in [1.54, 1.807) is 0 Å². The maximum atomic E-state index is 14.9. The first-order chi connectivity index (χ1) is 20.3. The van der Waals surface area contributed by atoms with E-state index in [1.807, 2.05) is 0 Å². The third-order valence-electron chi connectivity index (χ3n) is 9.63. The third-order valence-corrected chi connectivity index (χ3v) is 11.2. The van der Waals surface area contributed by atoms with Crippen molar-refractivity contribution in [2.75, 3.05) is 20.2 Å². The van der Waals surface area contributed by atoms with Crippen LogP contribution in [0.2, 0.25) is 0 Å². The Hall–Kier alpha value is -2.61. The number of piperidine rings is 1. The third kappa shape index (κ3) is 6.59. The number of benzene rings is 1. The summed E-state index contributed by atoms with van der Waals surface area (Å²) in [4.78, 5) is 27.1. The van der Waals surface area contributed by atoms with E-state index in [4.69, 9.17) is 9.47 Å². The van der Waals surface area contributed by atoms with Gasteiger partial charge in [-0.25, -0.2) is 12.8 Å².